The summed E-state index contributed by atoms with van der Waals surface area (Å²) in [5, 5.41) is 0.139. The third-order valence-electron chi connectivity index (χ3n) is 6.52. The lowest BCUT2D eigenvalue weighted by atomic mass is 10.0. The molecule has 0 bridgehead atoms. The van der Waals surface area contributed by atoms with Crippen molar-refractivity contribution in [3.63, 3.8) is 0 Å². The predicted octanol–water partition coefficient (Wildman–Crippen LogP) is 6.26. The maximum Gasteiger partial charge on any atom is 0.306 e. The van der Waals surface area contributed by atoms with E-state index in [1.807, 2.05) is 6.92 Å². The molecule has 2 atom stereocenters. The van der Waals surface area contributed by atoms with Gasteiger partial charge in [-0.2, -0.15) is 0 Å². The fourth-order valence-corrected chi connectivity index (χ4v) is 7.38. The van der Waals surface area contributed by atoms with Gasteiger partial charge in [-0.05, 0) is 49.3 Å². The molecule has 0 aliphatic heterocycles. The van der Waals surface area contributed by atoms with Gasteiger partial charge in [0, 0.05) is 12.3 Å². The van der Waals surface area contributed by atoms with E-state index in [0.717, 1.165) is 30.3 Å². The van der Waals surface area contributed by atoms with Gasteiger partial charge >= 0.3 is 5.97 Å². The van der Waals surface area contributed by atoms with Crippen LogP contribution in [0.3, 0.4) is 0 Å². The fourth-order valence-electron chi connectivity index (χ4n) is 3.37. The summed E-state index contributed by atoms with van der Waals surface area (Å²) in [5.41, 5.74) is 0. The second-order valence-electron chi connectivity index (χ2n) is 9.27. The first-order valence-corrected chi connectivity index (χ1v) is 16.1. The van der Waals surface area contributed by atoms with E-state index in [2.05, 4.69) is 60.7 Å². The van der Waals surface area contributed by atoms with E-state index >= 15 is 0 Å². The Hall–Kier alpha value is -0.596. The molecule has 0 saturated carbocycles. The minimum Gasteiger partial charge on any atom is -0.547 e. The third-order valence-corrected chi connectivity index (χ3v) is 15.6. The molecule has 0 heterocycles. The highest BCUT2D eigenvalue weighted by Crippen LogP contribution is 2.42. The number of rotatable bonds is 10. The number of carbonyl (C=O) groups is 1. The number of ether oxygens (including phenoxy) is 1. The number of esters is 1. The first kappa shape index (κ1) is 24.4. The number of carbonyl (C=O) groups excluding carboxylic acids is 1. The van der Waals surface area contributed by atoms with Gasteiger partial charge in [0.25, 0.3) is 0 Å². The number of hydrogen-bond donors (Lipinski definition) is 0. The van der Waals surface area contributed by atoms with Gasteiger partial charge in [-0.25, -0.2) is 0 Å². The minimum absolute atomic E-state index is 0.0163. The van der Waals surface area contributed by atoms with E-state index in [-0.39, 0.29) is 23.0 Å². The van der Waals surface area contributed by atoms with E-state index in [4.69, 9.17) is 13.6 Å². The summed E-state index contributed by atoms with van der Waals surface area (Å²) in [5.74, 6) is 0.949. The van der Waals surface area contributed by atoms with Gasteiger partial charge in [0.1, 0.15) is 0 Å². The smallest absolute Gasteiger partial charge is 0.306 e. The maximum absolute atomic E-state index is 12.1. The molecule has 0 radical (unpaired) electrons. The molecule has 0 aromatic rings. The number of hydrogen-bond acceptors (Lipinski definition) is 4. The molecule has 4 nitrogen and oxygen atoms in total. The van der Waals surface area contributed by atoms with Crippen LogP contribution in [-0.4, -0.2) is 35.3 Å². The van der Waals surface area contributed by atoms with Gasteiger partial charge in [0.05, 0.1) is 24.9 Å². The molecule has 158 valence electrons. The minimum atomic E-state index is -1.92. The summed E-state index contributed by atoms with van der Waals surface area (Å²) >= 11 is 0. The molecule has 0 amide bonds. The van der Waals surface area contributed by atoms with Gasteiger partial charge in [-0.3, -0.25) is 4.79 Å². The van der Waals surface area contributed by atoms with E-state index < -0.39 is 16.6 Å². The van der Waals surface area contributed by atoms with Crippen LogP contribution in [0.1, 0.15) is 61.3 Å². The molecule has 0 saturated heterocycles. The molecule has 0 spiro atoms. The van der Waals surface area contributed by atoms with Gasteiger partial charge < -0.3 is 13.6 Å². The topological polar surface area (TPSA) is 44.8 Å². The van der Waals surface area contributed by atoms with Crippen molar-refractivity contribution in [3.05, 3.63) is 11.8 Å². The van der Waals surface area contributed by atoms with Crippen molar-refractivity contribution < 1.29 is 18.4 Å². The molecule has 0 N–H and O–H groups in total. The predicted molar refractivity (Wildman–Crippen MR) is 118 cm³/mol. The van der Waals surface area contributed by atoms with Gasteiger partial charge in [0.2, 0.25) is 8.32 Å². The van der Waals surface area contributed by atoms with Crippen LogP contribution in [0.15, 0.2) is 11.8 Å². The van der Waals surface area contributed by atoms with Crippen molar-refractivity contribution >= 4 is 22.6 Å². The zero-order valence-electron chi connectivity index (χ0n) is 19.1. The Balaban J connectivity index is 3.01. The standard InChI is InChI=1S/C21H42O4Si2/c1-10-23-20(22)15-17-14-18(24-27(11-2,12-3)13-4)16-19(17)25-26(8,9)21(5,6)7/h14,17,19H,10-13,15-16H2,1-9H3/t17-,19-/m0/s1. The SMILES string of the molecule is CCOC(=O)C[C@@H]1C=C(O[Si](CC)(CC)CC)C[C@@H]1O[Si](C)(C)C(C)(C)C. The van der Waals surface area contributed by atoms with E-state index in [1.54, 1.807) is 0 Å². The molecule has 0 aromatic carbocycles. The lowest BCUT2D eigenvalue weighted by Gasteiger charge is -2.40. The molecular weight excluding hydrogens is 372 g/mol. The molecule has 6 heteroatoms. The average Bonchev–Trinajstić information content (AvgIpc) is 2.92. The summed E-state index contributed by atoms with van der Waals surface area (Å²) in [6, 6.07) is 3.36. The van der Waals surface area contributed by atoms with Crippen LogP contribution >= 0.6 is 0 Å². The van der Waals surface area contributed by atoms with Crippen LogP contribution < -0.4 is 0 Å². The van der Waals surface area contributed by atoms with Gasteiger partial charge in [0.15, 0.2) is 8.32 Å². The molecule has 1 aliphatic rings. The van der Waals surface area contributed by atoms with Crippen molar-refractivity contribution in [2.75, 3.05) is 6.61 Å². The highest BCUT2D eigenvalue weighted by Gasteiger charge is 2.43. The average molecular weight is 415 g/mol. The van der Waals surface area contributed by atoms with Gasteiger partial charge in [-0.15, -0.1) is 0 Å². The largest absolute Gasteiger partial charge is 0.547 e. The van der Waals surface area contributed by atoms with E-state index in [9.17, 15) is 4.79 Å². The lowest BCUT2D eigenvalue weighted by Crippen LogP contribution is -2.45. The summed E-state index contributed by atoms with van der Waals surface area (Å²) < 4.78 is 18.6. The van der Waals surface area contributed by atoms with Gasteiger partial charge in [-0.1, -0.05) is 41.5 Å². The normalized spacial score (nSPS) is 21.1. The van der Waals surface area contributed by atoms with Crippen LogP contribution in [0.25, 0.3) is 0 Å². The van der Waals surface area contributed by atoms with Crippen LogP contribution in [0.4, 0.5) is 0 Å². The first-order chi connectivity index (χ1) is 12.4. The lowest BCUT2D eigenvalue weighted by molar-refractivity contribution is -0.144. The second-order valence-corrected chi connectivity index (χ2v) is 18.7. The Morgan fingerprint density at radius 1 is 1.11 bits per heavy atom. The van der Waals surface area contributed by atoms with Crippen molar-refractivity contribution in [1.29, 1.82) is 0 Å². The molecule has 1 rings (SSSR count). The Labute approximate surface area is 169 Å². The molecule has 0 aromatic heterocycles. The third kappa shape index (κ3) is 6.46. The molecule has 1 aliphatic carbocycles. The van der Waals surface area contributed by atoms with E-state index in [1.165, 1.54) is 0 Å². The van der Waals surface area contributed by atoms with Crippen LogP contribution in [0.5, 0.6) is 0 Å². The van der Waals surface area contributed by atoms with Crippen LogP contribution in [-0.2, 0) is 18.4 Å². The molecule has 27 heavy (non-hydrogen) atoms. The van der Waals surface area contributed by atoms with Crippen LogP contribution in [0, 0.1) is 5.92 Å². The van der Waals surface area contributed by atoms with E-state index in [0.29, 0.717) is 13.0 Å². The monoisotopic (exact) mass is 414 g/mol. The molecule has 0 unspecified atom stereocenters. The first-order valence-electron chi connectivity index (χ1n) is 10.7. The highest BCUT2D eigenvalue weighted by molar-refractivity contribution is 6.74. The van der Waals surface area contributed by atoms with Crippen molar-refractivity contribution in [2.45, 2.75) is 104 Å². The van der Waals surface area contributed by atoms with Crippen molar-refractivity contribution in [3.8, 4) is 0 Å². The fraction of sp³-hybridized carbons (Fsp3) is 0.857. The van der Waals surface area contributed by atoms with Crippen molar-refractivity contribution in [2.24, 2.45) is 5.92 Å². The Kier molecular flexibility index (Phi) is 8.82. The Bertz CT molecular complexity index is 511. The quantitative estimate of drug-likeness (QED) is 0.313. The maximum atomic E-state index is 12.1. The zero-order valence-corrected chi connectivity index (χ0v) is 21.1. The second kappa shape index (κ2) is 9.74. The summed E-state index contributed by atoms with van der Waals surface area (Å²) in [6.07, 6.45) is 3.34. The van der Waals surface area contributed by atoms with Crippen LogP contribution in [0.2, 0.25) is 36.3 Å². The highest BCUT2D eigenvalue weighted by atomic mass is 28.4. The molecular formula is C21H42O4Si2. The zero-order chi connectivity index (χ0) is 20.9. The molecule has 0 fully saturated rings. The Morgan fingerprint density at radius 2 is 1.67 bits per heavy atom. The van der Waals surface area contributed by atoms with Crippen molar-refractivity contribution in [1.82, 2.24) is 0 Å². The Morgan fingerprint density at radius 3 is 2.11 bits per heavy atom. The summed E-state index contributed by atoms with van der Waals surface area (Å²) in [6.45, 7) is 20.3. The summed E-state index contributed by atoms with van der Waals surface area (Å²) in [4.78, 5) is 12.1. The summed E-state index contributed by atoms with van der Waals surface area (Å²) in [7, 11) is -3.64.